The zero-order chi connectivity index (χ0) is 7.40. The quantitative estimate of drug-likeness (QED) is 0.626. The monoisotopic (exact) mass is 172 g/mol. The molecule has 1 aromatic heterocycles. The van der Waals surface area contributed by atoms with Crippen molar-refractivity contribution in [2.75, 3.05) is 6.54 Å². The van der Waals surface area contributed by atoms with E-state index in [0.29, 0.717) is 11.0 Å². The Morgan fingerprint density at radius 2 is 2.60 bits per heavy atom. The van der Waals surface area contributed by atoms with Crippen molar-refractivity contribution in [3.8, 4) is 0 Å². The fourth-order valence-corrected chi connectivity index (χ4v) is 1.53. The molecule has 1 aromatic rings. The molecule has 10 heavy (non-hydrogen) atoms. The molecule has 52 valence electrons. The van der Waals surface area contributed by atoms with Gasteiger partial charge in [0.15, 0.2) is 4.47 Å². The highest BCUT2D eigenvalue weighted by Gasteiger charge is 1.99. The predicted molar refractivity (Wildman–Crippen MR) is 42.3 cm³/mol. The lowest BCUT2D eigenvalue weighted by Gasteiger charge is -1.81. The van der Waals surface area contributed by atoms with E-state index in [1.54, 1.807) is 6.20 Å². The van der Waals surface area contributed by atoms with Crippen LogP contribution in [0.4, 0.5) is 0 Å². The van der Waals surface area contributed by atoms with Crippen LogP contribution in [0.1, 0.15) is 4.88 Å². The van der Waals surface area contributed by atoms with Gasteiger partial charge in [0.1, 0.15) is 0 Å². The van der Waals surface area contributed by atoms with Crippen molar-refractivity contribution in [2.24, 2.45) is 0 Å². The molecular formula is C6H5ClN2S. The van der Waals surface area contributed by atoms with Gasteiger partial charge in [0.25, 0.3) is 0 Å². The molecule has 1 heterocycles. The highest BCUT2D eigenvalue weighted by atomic mass is 35.5. The fourth-order valence-electron chi connectivity index (χ4n) is 0.565. The van der Waals surface area contributed by atoms with E-state index in [0.717, 1.165) is 11.3 Å². The minimum atomic E-state index is 0.526. The van der Waals surface area contributed by atoms with E-state index < -0.39 is 0 Å². The average Bonchev–Trinajstić information content (AvgIpc) is 2.31. The molecule has 0 aliphatic rings. The molecule has 0 bridgehead atoms. The van der Waals surface area contributed by atoms with Crippen molar-refractivity contribution >= 4 is 22.9 Å². The van der Waals surface area contributed by atoms with Gasteiger partial charge in [-0.2, -0.15) is 0 Å². The van der Waals surface area contributed by atoms with Crippen molar-refractivity contribution in [3.63, 3.8) is 0 Å². The molecule has 0 aliphatic heterocycles. The molecule has 0 spiro atoms. The fraction of sp³-hybridized carbons (Fsp3) is 0.333. The van der Waals surface area contributed by atoms with Crippen LogP contribution in [0.25, 0.3) is 4.85 Å². The van der Waals surface area contributed by atoms with Crippen molar-refractivity contribution in [1.82, 2.24) is 4.98 Å². The van der Waals surface area contributed by atoms with Crippen LogP contribution in [0.15, 0.2) is 6.20 Å². The zero-order valence-corrected chi connectivity index (χ0v) is 6.74. The van der Waals surface area contributed by atoms with E-state index in [9.17, 15) is 0 Å². The van der Waals surface area contributed by atoms with Gasteiger partial charge in [0.2, 0.25) is 6.54 Å². The van der Waals surface area contributed by atoms with E-state index in [1.807, 2.05) is 0 Å². The van der Waals surface area contributed by atoms with Crippen LogP contribution in [0.3, 0.4) is 0 Å². The molecule has 1 rings (SSSR count). The van der Waals surface area contributed by atoms with Crippen molar-refractivity contribution in [1.29, 1.82) is 0 Å². The Kier molecular flexibility index (Phi) is 2.67. The summed E-state index contributed by atoms with van der Waals surface area (Å²) in [5, 5.41) is 0. The largest absolute Gasteiger partial charge is 0.317 e. The second kappa shape index (κ2) is 3.55. The van der Waals surface area contributed by atoms with E-state index in [4.69, 9.17) is 18.2 Å². The molecule has 0 aliphatic carbocycles. The van der Waals surface area contributed by atoms with Crippen LogP contribution in [-0.4, -0.2) is 11.5 Å². The summed E-state index contributed by atoms with van der Waals surface area (Å²) in [7, 11) is 0. The number of aromatic nitrogens is 1. The Morgan fingerprint density at radius 1 is 1.80 bits per heavy atom. The molecule has 0 aromatic carbocycles. The first-order valence-corrected chi connectivity index (χ1v) is 3.96. The SMILES string of the molecule is [C-]#[N+]CCc1cnc(Cl)s1. The normalized spacial score (nSPS) is 9.20. The van der Waals surface area contributed by atoms with Crippen LogP contribution in [0, 0.1) is 6.57 Å². The van der Waals surface area contributed by atoms with Gasteiger partial charge in [-0.15, -0.1) is 11.3 Å². The Hall–Kier alpha value is -0.590. The second-order valence-electron chi connectivity index (χ2n) is 1.71. The van der Waals surface area contributed by atoms with E-state index in [2.05, 4.69) is 9.83 Å². The first kappa shape index (κ1) is 7.52. The third-order valence-corrected chi connectivity index (χ3v) is 2.17. The molecule has 0 amide bonds. The average molecular weight is 173 g/mol. The molecular weight excluding hydrogens is 168 g/mol. The lowest BCUT2D eigenvalue weighted by molar-refractivity contribution is 1.10. The molecule has 2 nitrogen and oxygen atoms in total. The number of thiazole rings is 1. The zero-order valence-electron chi connectivity index (χ0n) is 5.17. The minimum absolute atomic E-state index is 0.526. The molecule has 0 N–H and O–H groups in total. The lowest BCUT2D eigenvalue weighted by Crippen LogP contribution is -1.80. The van der Waals surface area contributed by atoms with Gasteiger partial charge in [0, 0.05) is 11.1 Å². The molecule has 0 saturated heterocycles. The summed E-state index contributed by atoms with van der Waals surface area (Å²) in [5.74, 6) is 0. The molecule has 4 heteroatoms. The number of nitrogens with zero attached hydrogens (tertiary/aromatic N) is 2. The van der Waals surface area contributed by atoms with Gasteiger partial charge in [-0.3, -0.25) is 0 Å². The highest BCUT2D eigenvalue weighted by Crippen LogP contribution is 2.17. The number of rotatable bonds is 2. The van der Waals surface area contributed by atoms with Gasteiger partial charge in [-0.1, -0.05) is 11.6 Å². The van der Waals surface area contributed by atoms with Gasteiger partial charge in [-0.05, 0) is 0 Å². The summed E-state index contributed by atoms with van der Waals surface area (Å²) < 4.78 is 0.556. The van der Waals surface area contributed by atoms with Crippen LogP contribution in [-0.2, 0) is 6.42 Å². The first-order chi connectivity index (χ1) is 4.83. The summed E-state index contributed by atoms with van der Waals surface area (Å²) in [4.78, 5) is 8.16. The smallest absolute Gasteiger partial charge is 0.219 e. The van der Waals surface area contributed by atoms with Gasteiger partial charge in [0.05, 0.1) is 6.42 Å². The van der Waals surface area contributed by atoms with Crippen LogP contribution in [0.5, 0.6) is 0 Å². The maximum atomic E-state index is 6.54. The summed E-state index contributed by atoms with van der Waals surface area (Å²) in [5.41, 5.74) is 0. The maximum absolute atomic E-state index is 6.54. The minimum Gasteiger partial charge on any atom is -0.317 e. The van der Waals surface area contributed by atoms with Crippen molar-refractivity contribution in [2.45, 2.75) is 6.42 Å². The summed E-state index contributed by atoms with van der Waals surface area (Å²) in [6.45, 7) is 7.06. The first-order valence-electron chi connectivity index (χ1n) is 2.76. The Balaban J connectivity index is 2.52. The van der Waals surface area contributed by atoms with Crippen LogP contribution >= 0.6 is 22.9 Å². The van der Waals surface area contributed by atoms with Crippen LogP contribution < -0.4 is 0 Å². The second-order valence-corrected chi connectivity index (χ2v) is 3.41. The molecule has 0 unspecified atom stereocenters. The number of halogens is 1. The van der Waals surface area contributed by atoms with E-state index >= 15 is 0 Å². The predicted octanol–water partition coefficient (Wildman–Crippen LogP) is 2.26. The van der Waals surface area contributed by atoms with Crippen molar-refractivity contribution < 1.29 is 0 Å². The summed E-state index contributed by atoms with van der Waals surface area (Å²) in [6, 6.07) is 0. The molecule has 0 atom stereocenters. The Labute approximate surface area is 68.3 Å². The Morgan fingerprint density at radius 3 is 3.10 bits per heavy atom. The van der Waals surface area contributed by atoms with Crippen LogP contribution in [0.2, 0.25) is 4.47 Å². The maximum Gasteiger partial charge on any atom is 0.219 e. The molecule has 0 fully saturated rings. The topological polar surface area (TPSA) is 17.2 Å². The van der Waals surface area contributed by atoms with Gasteiger partial charge < -0.3 is 4.85 Å². The van der Waals surface area contributed by atoms with Gasteiger partial charge in [-0.25, -0.2) is 11.6 Å². The third kappa shape index (κ3) is 1.98. The summed E-state index contributed by atoms with van der Waals surface area (Å²) >= 11 is 7.01. The van der Waals surface area contributed by atoms with E-state index in [-0.39, 0.29) is 0 Å². The highest BCUT2D eigenvalue weighted by molar-refractivity contribution is 7.15. The lowest BCUT2D eigenvalue weighted by atomic mass is 10.4. The molecule has 0 radical (unpaired) electrons. The summed E-state index contributed by atoms with van der Waals surface area (Å²) in [6.07, 6.45) is 2.49. The van der Waals surface area contributed by atoms with E-state index in [1.165, 1.54) is 11.3 Å². The standard InChI is InChI=1S/C6H5ClN2S/c1-8-3-2-5-4-9-6(7)10-5/h4H,2-3H2. The number of hydrogen-bond donors (Lipinski definition) is 0. The number of hydrogen-bond acceptors (Lipinski definition) is 2. The Bertz CT molecular complexity index is 250. The third-order valence-electron chi connectivity index (χ3n) is 0.995. The van der Waals surface area contributed by atoms with Crippen molar-refractivity contribution in [3.05, 3.63) is 27.0 Å². The molecule has 0 saturated carbocycles. The van der Waals surface area contributed by atoms with Gasteiger partial charge >= 0.3 is 0 Å².